The minimum atomic E-state index is -5.99. The topological polar surface area (TPSA) is 24.7 Å². The molecule has 0 amide bonds. The van der Waals surface area contributed by atoms with Crippen LogP contribution in [0.2, 0.25) is 0 Å². The monoisotopic (exact) mass is 1200 g/mol. The van der Waals surface area contributed by atoms with Gasteiger partial charge in [0.1, 0.15) is 46.7 Å². The molecule has 0 aliphatic heterocycles. The van der Waals surface area contributed by atoms with Crippen LogP contribution in [0.5, 0.6) is 5.75 Å². The highest BCUT2D eigenvalue weighted by molar-refractivity contribution is 7.20. The third-order valence-corrected chi connectivity index (χ3v) is 16.3. The van der Waals surface area contributed by atoms with Gasteiger partial charge in [0.05, 0.1) is 18.8 Å². The number of benzene rings is 5. The average Bonchev–Trinajstić information content (AvgIpc) is 0.812. The summed E-state index contributed by atoms with van der Waals surface area (Å²) in [5.41, 5.74) is -8.75. The number of hydrogen-bond acceptors (Lipinski definition) is 1. The van der Waals surface area contributed by atoms with Gasteiger partial charge in [-0.25, -0.2) is 65.9 Å². The summed E-state index contributed by atoms with van der Waals surface area (Å²) in [5.74, 6) is -48.4. The fraction of sp³-hybridized carbons (Fsp3) is 0.545. The number of rotatable bonds is 39. The number of phenols is 1. The van der Waals surface area contributed by atoms with Crippen molar-refractivity contribution in [2.75, 3.05) is 13.1 Å². The van der Waals surface area contributed by atoms with Gasteiger partial charge in [-0.3, -0.25) is 0 Å². The number of aromatic hydroxyl groups is 1. The second-order valence-electron chi connectivity index (χ2n) is 22.5. The maximum absolute atomic E-state index is 15.4. The first-order valence-corrected chi connectivity index (χ1v) is 30.8. The van der Waals surface area contributed by atoms with Crippen LogP contribution >= 0.6 is 0 Å². The standard InChI is InChI=1S/C42H79N.C24H5BF15O/c1-3-5-7-9-11-13-15-17-19-21-23-25-27-29-31-36-40-43(42-38-34-33-35-39-42)41-37-32-30-28-26-24-22-20-18-16-14-12-10-8-6-4-2;26-10-7(11(27)17(33)22(38)16(10)32)25(5-3-1-2-4-6(5)41,8-12(28)18(34)23(39)19(35)13(8)29)9-14(30)20(36)24(40)21(37)15(9)31/h33-35,38-39H,3-32,36-37,40-41H2,1-2H3;1-4,41H/q;-1/p+1. The molecule has 5 aromatic carbocycles. The van der Waals surface area contributed by atoms with E-state index in [9.17, 15) is 44.6 Å². The van der Waals surface area contributed by atoms with Gasteiger partial charge < -0.3 is 10.0 Å². The second-order valence-corrected chi connectivity index (χ2v) is 22.5. The lowest BCUT2D eigenvalue weighted by Crippen LogP contribution is -3.07. The normalized spacial score (nSPS) is 11.7. The summed E-state index contributed by atoms with van der Waals surface area (Å²) in [7, 11) is 0. The molecule has 0 bridgehead atoms. The molecule has 0 aromatic heterocycles. The Morgan fingerprint density at radius 1 is 0.274 bits per heavy atom. The predicted octanol–water partition coefficient (Wildman–Crippen LogP) is 18.6. The molecule has 0 aliphatic carbocycles. The maximum Gasteiger partial charge on any atom is 0.200 e. The van der Waals surface area contributed by atoms with E-state index >= 15 is 26.3 Å². The molecule has 0 saturated carbocycles. The highest BCUT2D eigenvalue weighted by Crippen LogP contribution is 2.30. The van der Waals surface area contributed by atoms with Gasteiger partial charge >= 0.3 is 0 Å². The Labute approximate surface area is 487 Å². The lowest BCUT2D eigenvalue weighted by molar-refractivity contribution is -0.833. The Kier molecular flexibility index (Phi) is 32.4. The molecule has 0 fully saturated rings. The first-order chi connectivity index (χ1) is 40.4. The largest absolute Gasteiger partial charge is 0.511 e. The van der Waals surface area contributed by atoms with Gasteiger partial charge in [0, 0.05) is 0 Å². The van der Waals surface area contributed by atoms with Crippen molar-refractivity contribution < 1.29 is 75.9 Å². The van der Waals surface area contributed by atoms with E-state index in [0.29, 0.717) is 12.1 Å². The molecule has 5 aromatic rings. The highest BCUT2D eigenvalue weighted by Gasteiger charge is 2.50. The summed E-state index contributed by atoms with van der Waals surface area (Å²) in [5, 5.41) is 10.5. The van der Waals surface area contributed by atoms with Crippen molar-refractivity contribution in [3.8, 4) is 5.75 Å². The fourth-order valence-corrected chi connectivity index (χ4v) is 11.6. The average molecular weight is 1200 g/mol. The molecule has 84 heavy (non-hydrogen) atoms. The van der Waals surface area contributed by atoms with Crippen LogP contribution in [0.15, 0.2) is 54.6 Å². The number of hydrogen-bond donors (Lipinski definition) is 2. The molecule has 0 radical (unpaired) electrons. The van der Waals surface area contributed by atoms with Crippen molar-refractivity contribution in [1.29, 1.82) is 0 Å². The predicted molar refractivity (Wildman–Crippen MR) is 307 cm³/mol. The van der Waals surface area contributed by atoms with Crippen LogP contribution in [-0.2, 0) is 0 Å². The van der Waals surface area contributed by atoms with Crippen LogP contribution < -0.4 is 26.8 Å². The maximum atomic E-state index is 15.4. The van der Waals surface area contributed by atoms with Gasteiger partial charge in [-0.05, 0) is 43.9 Å². The van der Waals surface area contributed by atoms with Gasteiger partial charge in [-0.1, -0.05) is 230 Å². The lowest BCUT2D eigenvalue weighted by Gasteiger charge is -2.44. The summed E-state index contributed by atoms with van der Waals surface area (Å²) < 4.78 is 221. The Bertz CT molecular complexity index is 2450. The molecular weight excluding hydrogens is 1120 g/mol. The van der Waals surface area contributed by atoms with Gasteiger partial charge in [-0.15, -0.1) is 16.4 Å². The molecule has 0 spiro atoms. The summed E-state index contributed by atoms with van der Waals surface area (Å²) in [6, 6.07) is 13.3. The van der Waals surface area contributed by atoms with Crippen LogP contribution in [0.1, 0.15) is 219 Å². The quantitative estimate of drug-likeness (QED) is 0.0132. The summed E-state index contributed by atoms with van der Waals surface area (Å²) in [6.45, 7) is 7.26. The first-order valence-electron chi connectivity index (χ1n) is 30.8. The van der Waals surface area contributed by atoms with E-state index in [2.05, 4.69) is 44.2 Å². The zero-order chi connectivity index (χ0) is 61.6. The molecule has 0 unspecified atom stereocenters. The first kappa shape index (κ1) is 71.4. The van der Waals surface area contributed by atoms with E-state index in [4.69, 9.17) is 0 Å². The minimum Gasteiger partial charge on any atom is -0.511 e. The fourth-order valence-electron chi connectivity index (χ4n) is 11.6. The third kappa shape index (κ3) is 19.7. The number of quaternary nitrogens is 1. The van der Waals surface area contributed by atoms with Crippen molar-refractivity contribution in [3.63, 3.8) is 0 Å². The molecular formula is C66H85BF15NO. The highest BCUT2D eigenvalue weighted by atomic mass is 19.2. The van der Waals surface area contributed by atoms with Crippen LogP contribution in [-0.4, -0.2) is 24.3 Å². The van der Waals surface area contributed by atoms with Crippen molar-refractivity contribution in [1.82, 2.24) is 0 Å². The Morgan fingerprint density at radius 3 is 0.738 bits per heavy atom. The van der Waals surface area contributed by atoms with Gasteiger partial charge in [0.2, 0.25) is 0 Å². The van der Waals surface area contributed by atoms with E-state index in [1.165, 1.54) is 224 Å². The van der Waals surface area contributed by atoms with E-state index < -0.39 is 121 Å². The van der Waals surface area contributed by atoms with Gasteiger partial charge in [0.25, 0.3) is 0 Å². The Balaban J connectivity index is 0.000000361. The van der Waals surface area contributed by atoms with Crippen molar-refractivity contribution >= 4 is 33.7 Å². The van der Waals surface area contributed by atoms with E-state index in [1.807, 2.05) is 0 Å². The number of halogens is 15. The van der Waals surface area contributed by atoms with Gasteiger partial charge in [-0.2, -0.15) is 5.46 Å². The molecule has 0 heterocycles. The van der Waals surface area contributed by atoms with Crippen LogP contribution in [0, 0.1) is 87.3 Å². The molecule has 18 heteroatoms. The molecule has 2 N–H and O–H groups in total. The number of para-hydroxylation sites is 2. The van der Waals surface area contributed by atoms with Crippen LogP contribution in [0.25, 0.3) is 0 Å². The molecule has 0 saturated heterocycles. The van der Waals surface area contributed by atoms with Crippen molar-refractivity contribution in [2.45, 2.75) is 219 Å². The summed E-state index contributed by atoms with van der Waals surface area (Å²) in [4.78, 5) is 1.73. The molecule has 0 atom stereocenters. The van der Waals surface area contributed by atoms with E-state index in [1.54, 1.807) is 4.90 Å². The smallest absolute Gasteiger partial charge is 0.200 e. The SMILES string of the molecule is CCCCCCCCCCCCCCCCCC[NH+](CCCCCCCCCCCCCCCCCC)c1ccccc1.Oc1ccccc1[B-](c1c(F)c(F)c(F)c(F)c1F)(c1c(F)c(F)c(F)c(F)c1F)c1c(F)c(F)c(F)c(F)c1F. The minimum absolute atomic E-state index is 0.184. The zero-order valence-electron chi connectivity index (χ0n) is 48.9. The van der Waals surface area contributed by atoms with Crippen molar-refractivity contribution in [3.05, 3.63) is 142 Å². The van der Waals surface area contributed by atoms with Gasteiger partial charge in [0.15, 0.2) is 52.4 Å². The number of nitrogens with one attached hydrogen (secondary N) is 1. The lowest BCUT2D eigenvalue weighted by atomic mass is 9.12. The zero-order valence-corrected chi connectivity index (χ0v) is 48.9. The molecule has 0 aliphatic rings. The second kappa shape index (κ2) is 38.1. The summed E-state index contributed by atoms with van der Waals surface area (Å²) in [6.07, 6.45) is 40.5. The number of unbranched alkanes of at least 4 members (excludes halogenated alkanes) is 30. The molecule has 5 rings (SSSR count). The Hall–Kier alpha value is -5.13. The molecule has 468 valence electrons. The Morgan fingerprint density at radius 2 is 0.488 bits per heavy atom. The van der Waals surface area contributed by atoms with Crippen LogP contribution in [0.3, 0.4) is 0 Å². The van der Waals surface area contributed by atoms with E-state index in [-0.39, 0.29) is 6.07 Å². The van der Waals surface area contributed by atoms with E-state index in [0.717, 1.165) is 6.07 Å². The molecule has 2 nitrogen and oxygen atoms in total. The summed E-state index contributed by atoms with van der Waals surface area (Å²) >= 11 is 0. The number of phenolic OH excluding ortho intramolecular Hbond substituents is 1. The van der Waals surface area contributed by atoms with Crippen LogP contribution in [0.4, 0.5) is 71.5 Å². The third-order valence-electron chi connectivity index (χ3n) is 16.3. The van der Waals surface area contributed by atoms with Crippen molar-refractivity contribution in [2.24, 2.45) is 0 Å².